The number of hydrogen-bond donors (Lipinski definition) is 1. The number of rotatable bonds is 12. The van der Waals surface area contributed by atoms with E-state index in [9.17, 15) is 22.4 Å². The lowest BCUT2D eigenvalue weighted by Gasteiger charge is -2.33. The van der Waals surface area contributed by atoms with Crippen molar-refractivity contribution in [3.8, 4) is 11.5 Å². The molecule has 0 aromatic heterocycles. The molecule has 2 amide bonds. The van der Waals surface area contributed by atoms with Crippen molar-refractivity contribution in [3.05, 3.63) is 53.8 Å². The maximum absolute atomic E-state index is 13.6. The summed E-state index contributed by atoms with van der Waals surface area (Å²) in [5, 5.41) is 2.71. The lowest BCUT2D eigenvalue weighted by Crippen LogP contribution is -2.52. The first-order valence-electron chi connectivity index (χ1n) is 11.1. The molecule has 9 nitrogen and oxygen atoms in total. The van der Waals surface area contributed by atoms with Crippen LogP contribution in [-0.4, -0.2) is 64.7 Å². The summed E-state index contributed by atoms with van der Waals surface area (Å²) in [6.45, 7) is 3.28. The molecule has 0 aliphatic carbocycles. The van der Waals surface area contributed by atoms with Gasteiger partial charge in [-0.1, -0.05) is 19.1 Å². The van der Waals surface area contributed by atoms with Crippen LogP contribution in [0.1, 0.15) is 25.8 Å². The molecule has 2 aromatic rings. The van der Waals surface area contributed by atoms with Gasteiger partial charge >= 0.3 is 0 Å². The van der Waals surface area contributed by atoms with Crippen LogP contribution in [0.2, 0.25) is 0 Å². The SMILES string of the molecule is CCNC(=O)C(CC)N(Cc1ccc(F)cc1)C(=O)CN(c1cc(OC)ccc1OC)S(C)(=O)=O. The fraction of sp³-hybridized carbons (Fsp3) is 0.417. The van der Waals surface area contributed by atoms with E-state index in [1.165, 1.54) is 55.5 Å². The van der Waals surface area contributed by atoms with Gasteiger partial charge in [0.1, 0.15) is 29.9 Å². The Hall–Kier alpha value is -3.34. The Kier molecular flexibility index (Phi) is 9.88. The predicted octanol–water partition coefficient (Wildman–Crippen LogP) is 2.55. The molecule has 0 spiro atoms. The molecule has 0 aliphatic rings. The lowest BCUT2D eigenvalue weighted by molar-refractivity contribution is -0.140. The topological polar surface area (TPSA) is 105 Å². The van der Waals surface area contributed by atoms with Gasteiger partial charge in [-0.25, -0.2) is 12.8 Å². The van der Waals surface area contributed by atoms with E-state index in [1.807, 2.05) is 0 Å². The Labute approximate surface area is 205 Å². The Morgan fingerprint density at radius 3 is 2.23 bits per heavy atom. The zero-order valence-corrected chi connectivity index (χ0v) is 21.4. The molecular formula is C24H32FN3O6S. The molecule has 0 radical (unpaired) electrons. The van der Waals surface area contributed by atoms with Gasteiger partial charge in [-0.05, 0) is 43.2 Å². The van der Waals surface area contributed by atoms with Gasteiger partial charge in [-0.15, -0.1) is 0 Å². The number of ether oxygens (including phenoxy) is 2. The third-order valence-electron chi connectivity index (χ3n) is 5.34. The van der Waals surface area contributed by atoms with Crippen molar-refractivity contribution in [3.63, 3.8) is 0 Å². The molecule has 1 unspecified atom stereocenters. The van der Waals surface area contributed by atoms with Gasteiger partial charge in [-0.2, -0.15) is 0 Å². The molecule has 1 N–H and O–H groups in total. The van der Waals surface area contributed by atoms with Crippen molar-refractivity contribution in [2.75, 3.05) is 37.9 Å². The second kappa shape index (κ2) is 12.4. The van der Waals surface area contributed by atoms with Crippen molar-refractivity contribution < 1.29 is 31.9 Å². The van der Waals surface area contributed by atoms with Crippen LogP contribution in [-0.2, 0) is 26.2 Å². The van der Waals surface area contributed by atoms with Crippen LogP contribution in [0.15, 0.2) is 42.5 Å². The fourth-order valence-electron chi connectivity index (χ4n) is 3.58. The molecular weight excluding hydrogens is 477 g/mol. The van der Waals surface area contributed by atoms with Gasteiger partial charge < -0.3 is 19.7 Å². The number of halogens is 1. The van der Waals surface area contributed by atoms with Gasteiger partial charge in [0.05, 0.1) is 26.2 Å². The molecule has 0 fully saturated rings. The van der Waals surface area contributed by atoms with Crippen LogP contribution >= 0.6 is 0 Å². The number of sulfonamides is 1. The number of hydrogen-bond acceptors (Lipinski definition) is 6. The zero-order chi connectivity index (χ0) is 26.2. The summed E-state index contributed by atoms with van der Waals surface area (Å²) in [6.07, 6.45) is 1.27. The normalized spacial score (nSPS) is 11.9. The molecule has 0 bridgehead atoms. The molecule has 2 rings (SSSR count). The molecule has 35 heavy (non-hydrogen) atoms. The van der Waals surface area contributed by atoms with E-state index >= 15 is 0 Å². The van der Waals surface area contributed by atoms with E-state index in [0.717, 1.165) is 10.6 Å². The Morgan fingerprint density at radius 2 is 1.71 bits per heavy atom. The molecule has 192 valence electrons. The van der Waals surface area contributed by atoms with Crippen LogP contribution < -0.4 is 19.1 Å². The number of nitrogens with one attached hydrogen (secondary N) is 1. The minimum atomic E-state index is -3.95. The highest BCUT2D eigenvalue weighted by Gasteiger charge is 2.32. The summed E-state index contributed by atoms with van der Waals surface area (Å²) in [5.74, 6) is -0.808. The number of methoxy groups -OCH3 is 2. The van der Waals surface area contributed by atoms with Crippen LogP contribution in [0, 0.1) is 5.82 Å². The van der Waals surface area contributed by atoms with E-state index in [2.05, 4.69) is 5.32 Å². The van der Waals surface area contributed by atoms with E-state index in [-0.39, 0.29) is 23.9 Å². The van der Waals surface area contributed by atoms with Crippen molar-refractivity contribution >= 4 is 27.5 Å². The zero-order valence-electron chi connectivity index (χ0n) is 20.6. The second-order valence-electron chi connectivity index (χ2n) is 7.77. The highest BCUT2D eigenvalue weighted by Crippen LogP contribution is 2.34. The first-order chi connectivity index (χ1) is 16.5. The first kappa shape index (κ1) is 27.9. The minimum absolute atomic E-state index is 0.0123. The highest BCUT2D eigenvalue weighted by molar-refractivity contribution is 7.92. The number of likely N-dealkylation sites (N-methyl/N-ethyl adjacent to an activating group) is 1. The largest absolute Gasteiger partial charge is 0.497 e. The molecule has 2 aromatic carbocycles. The van der Waals surface area contributed by atoms with E-state index in [1.54, 1.807) is 19.9 Å². The maximum Gasteiger partial charge on any atom is 0.244 e. The lowest BCUT2D eigenvalue weighted by atomic mass is 10.1. The van der Waals surface area contributed by atoms with Gasteiger partial charge in [0.25, 0.3) is 0 Å². The third-order valence-corrected chi connectivity index (χ3v) is 6.46. The summed E-state index contributed by atoms with van der Waals surface area (Å²) in [7, 11) is -1.13. The van der Waals surface area contributed by atoms with Gasteiger partial charge in [0.2, 0.25) is 21.8 Å². The van der Waals surface area contributed by atoms with Crippen LogP contribution in [0.3, 0.4) is 0 Å². The average Bonchev–Trinajstić information content (AvgIpc) is 2.82. The van der Waals surface area contributed by atoms with Crippen LogP contribution in [0.5, 0.6) is 11.5 Å². The summed E-state index contributed by atoms with van der Waals surface area (Å²) >= 11 is 0. The smallest absolute Gasteiger partial charge is 0.244 e. The van der Waals surface area contributed by atoms with Crippen LogP contribution in [0.25, 0.3) is 0 Å². The molecule has 0 saturated heterocycles. The van der Waals surface area contributed by atoms with Crippen LogP contribution in [0.4, 0.5) is 10.1 Å². The van der Waals surface area contributed by atoms with Crippen molar-refractivity contribution in [1.29, 1.82) is 0 Å². The molecule has 0 aliphatic heterocycles. The summed E-state index contributed by atoms with van der Waals surface area (Å²) in [5.41, 5.74) is 0.711. The van der Waals surface area contributed by atoms with E-state index in [4.69, 9.17) is 9.47 Å². The van der Waals surface area contributed by atoms with E-state index < -0.39 is 34.3 Å². The monoisotopic (exact) mass is 509 g/mol. The highest BCUT2D eigenvalue weighted by atomic mass is 32.2. The van der Waals surface area contributed by atoms with Gasteiger partial charge in [0, 0.05) is 19.2 Å². The first-order valence-corrected chi connectivity index (χ1v) is 12.9. The quantitative estimate of drug-likeness (QED) is 0.472. The minimum Gasteiger partial charge on any atom is -0.497 e. The predicted molar refractivity (Wildman–Crippen MR) is 131 cm³/mol. The standard InChI is InChI=1S/C24H32FN3O6S/c1-6-20(24(30)26-7-2)27(15-17-8-10-18(25)11-9-17)23(29)16-28(35(5,31)32)21-14-19(33-3)12-13-22(21)34-4/h8-14,20H,6-7,15-16H2,1-5H3,(H,26,30). The maximum atomic E-state index is 13.6. The van der Waals surface area contributed by atoms with Crippen molar-refractivity contribution in [1.82, 2.24) is 10.2 Å². The Balaban J connectivity index is 2.51. The average molecular weight is 510 g/mol. The molecule has 11 heteroatoms. The Morgan fingerprint density at radius 1 is 1.06 bits per heavy atom. The van der Waals surface area contributed by atoms with E-state index in [0.29, 0.717) is 24.3 Å². The second-order valence-corrected chi connectivity index (χ2v) is 9.68. The number of carbonyl (C=O) groups is 2. The molecule has 0 heterocycles. The number of anilines is 1. The summed E-state index contributed by atoms with van der Waals surface area (Å²) in [6, 6.07) is 9.28. The number of nitrogens with zero attached hydrogens (tertiary/aromatic N) is 2. The fourth-order valence-corrected chi connectivity index (χ4v) is 4.43. The number of amides is 2. The third kappa shape index (κ3) is 7.32. The summed E-state index contributed by atoms with van der Waals surface area (Å²) < 4.78 is 50.4. The van der Waals surface area contributed by atoms with Crippen molar-refractivity contribution in [2.45, 2.75) is 32.9 Å². The van der Waals surface area contributed by atoms with Gasteiger partial charge in [0.15, 0.2) is 0 Å². The Bertz CT molecular complexity index is 1120. The summed E-state index contributed by atoms with van der Waals surface area (Å²) in [4.78, 5) is 27.7. The molecule has 1 atom stereocenters. The molecule has 0 saturated carbocycles. The number of carbonyl (C=O) groups excluding carboxylic acids is 2. The van der Waals surface area contributed by atoms with Crippen molar-refractivity contribution in [2.24, 2.45) is 0 Å². The van der Waals surface area contributed by atoms with Gasteiger partial charge in [-0.3, -0.25) is 13.9 Å². The number of benzene rings is 2.